The average molecular weight is 445 g/mol. The molecule has 0 saturated carbocycles. The number of likely N-dealkylation sites (tertiary alicyclic amines) is 1. The Kier molecular flexibility index (Phi) is 4.30. The Morgan fingerprint density at radius 1 is 1.09 bits per heavy atom. The monoisotopic (exact) mass is 444 g/mol. The smallest absolute Gasteiger partial charge is 0.253 e. The summed E-state index contributed by atoms with van der Waals surface area (Å²) in [6, 6.07) is 16.4. The number of hydrogen-bond donors (Lipinski definition) is 0. The van der Waals surface area contributed by atoms with Crippen LogP contribution in [0.3, 0.4) is 0 Å². The Hall–Kier alpha value is -3.32. The van der Waals surface area contributed by atoms with E-state index in [0.717, 1.165) is 45.7 Å². The maximum absolute atomic E-state index is 13.3. The van der Waals surface area contributed by atoms with E-state index >= 15 is 0 Å². The average Bonchev–Trinajstić information content (AvgIpc) is 3.52. The van der Waals surface area contributed by atoms with E-state index in [-0.39, 0.29) is 11.4 Å². The number of rotatable bonds is 2. The first kappa shape index (κ1) is 19.4. The fourth-order valence-electron chi connectivity index (χ4n) is 5.32. The number of methoxy groups -OCH3 is 1. The van der Waals surface area contributed by atoms with Crippen LogP contribution in [0.1, 0.15) is 28.9 Å². The summed E-state index contributed by atoms with van der Waals surface area (Å²) in [5.41, 5.74) is 6.97. The summed E-state index contributed by atoms with van der Waals surface area (Å²) in [4.78, 5) is 22.0. The molecule has 4 heterocycles. The van der Waals surface area contributed by atoms with Crippen molar-refractivity contribution in [2.24, 2.45) is 0 Å². The van der Waals surface area contributed by atoms with Gasteiger partial charge in [-0.05, 0) is 55.3 Å². The van der Waals surface area contributed by atoms with Crippen LogP contribution in [0, 0.1) is 0 Å². The van der Waals surface area contributed by atoms with Crippen LogP contribution in [0.2, 0.25) is 0 Å². The molecule has 0 N–H and O–H groups in total. The molecule has 32 heavy (non-hydrogen) atoms. The fourth-order valence-corrected chi connectivity index (χ4v) is 6.03. The van der Waals surface area contributed by atoms with Crippen LogP contribution in [-0.2, 0) is 5.54 Å². The minimum atomic E-state index is -0.152. The Bertz CT molecular complexity index is 1330. The highest BCUT2D eigenvalue weighted by molar-refractivity contribution is 7.16. The molecule has 7 heteroatoms. The molecule has 6 rings (SSSR count). The third-order valence-electron chi connectivity index (χ3n) is 7.13. The molecule has 0 bridgehead atoms. The fraction of sp³-hybridized carbons (Fsp3) is 0.280. The van der Waals surface area contributed by atoms with Gasteiger partial charge in [-0.15, -0.1) is 11.3 Å². The predicted octanol–water partition coefficient (Wildman–Crippen LogP) is 4.68. The number of aromatic nitrogens is 2. The van der Waals surface area contributed by atoms with Gasteiger partial charge in [-0.3, -0.25) is 4.79 Å². The van der Waals surface area contributed by atoms with Crippen molar-refractivity contribution in [1.82, 2.24) is 14.5 Å². The van der Waals surface area contributed by atoms with Gasteiger partial charge in [0, 0.05) is 43.7 Å². The number of anilines is 1. The molecule has 2 aliphatic heterocycles. The van der Waals surface area contributed by atoms with Crippen LogP contribution >= 0.6 is 11.3 Å². The molecule has 1 spiro atoms. The number of nitrogens with zero attached hydrogens (tertiary/aromatic N) is 4. The number of thiazole rings is 1. The van der Waals surface area contributed by atoms with Crippen molar-refractivity contribution in [3.05, 3.63) is 71.5 Å². The zero-order valence-corrected chi connectivity index (χ0v) is 18.9. The molecule has 0 unspecified atom stereocenters. The van der Waals surface area contributed by atoms with Crippen molar-refractivity contribution in [3.63, 3.8) is 0 Å². The van der Waals surface area contributed by atoms with Gasteiger partial charge in [-0.1, -0.05) is 0 Å². The maximum Gasteiger partial charge on any atom is 0.253 e. The zero-order chi connectivity index (χ0) is 21.9. The SMILES string of the molecule is COc1ccc2c(c1)N(C)C1(CCN(C(=O)c3ccc4ncsc4c3)CC1)c1cccn1-2. The van der Waals surface area contributed by atoms with E-state index in [2.05, 4.69) is 52.0 Å². The van der Waals surface area contributed by atoms with Crippen molar-refractivity contribution >= 4 is 33.1 Å². The topological polar surface area (TPSA) is 50.6 Å². The first-order chi connectivity index (χ1) is 15.6. The van der Waals surface area contributed by atoms with Gasteiger partial charge in [0.05, 0.1) is 39.8 Å². The Balaban J connectivity index is 1.31. The highest BCUT2D eigenvalue weighted by Gasteiger charge is 2.46. The number of hydrogen-bond acceptors (Lipinski definition) is 5. The Labute approximate surface area is 190 Å². The summed E-state index contributed by atoms with van der Waals surface area (Å²) in [7, 11) is 3.87. The molecule has 0 radical (unpaired) electrons. The lowest BCUT2D eigenvalue weighted by molar-refractivity contribution is 0.0659. The number of ether oxygens (including phenoxy) is 1. The molecule has 2 aromatic carbocycles. The Morgan fingerprint density at radius 3 is 2.75 bits per heavy atom. The first-order valence-corrected chi connectivity index (χ1v) is 11.7. The van der Waals surface area contributed by atoms with E-state index in [0.29, 0.717) is 13.1 Å². The van der Waals surface area contributed by atoms with Gasteiger partial charge >= 0.3 is 0 Å². The molecule has 4 aromatic rings. The van der Waals surface area contributed by atoms with Gasteiger partial charge in [0.25, 0.3) is 5.91 Å². The molecule has 1 amide bonds. The van der Waals surface area contributed by atoms with Crippen LogP contribution in [0.25, 0.3) is 15.9 Å². The van der Waals surface area contributed by atoms with Gasteiger partial charge in [-0.2, -0.15) is 0 Å². The van der Waals surface area contributed by atoms with Crippen molar-refractivity contribution in [2.45, 2.75) is 18.4 Å². The first-order valence-electron chi connectivity index (χ1n) is 10.8. The highest BCUT2D eigenvalue weighted by Crippen LogP contribution is 2.48. The number of benzene rings is 2. The third-order valence-corrected chi connectivity index (χ3v) is 7.92. The molecular weight excluding hydrogens is 420 g/mol. The number of carbonyl (C=O) groups is 1. The second-order valence-electron chi connectivity index (χ2n) is 8.54. The van der Waals surface area contributed by atoms with Gasteiger partial charge in [-0.25, -0.2) is 4.98 Å². The standard InChI is InChI=1S/C25H24N4O2S/c1-27-21-15-18(31-2)6-8-20(21)29-11-3-4-23(29)25(27)9-12-28(13-10-25)24(30)17-5-7-19-22(14-17)32-16-26-19/h3-8,11,14-16H,9-10,12-13H2,1-2H3. The van der Waals surface area contributed by atoms with Gasteiger partial charge in [0.1, 0.15) is 5.75 Å². The summed E-state index contributed by atoms with van der Waals surface area (Å²) in [6.45, 7) is 1.43. The summed E-state index contributed by atoms with van der Waals surface area (Å²) >= 11 is 1.57. The highest BCUT2D eigenvalue weighted by atomic mass is 32.1. The van der Waals surface area contributed by atoms with Crippen molar-refractivity contribution in [3.8, 4) is 11.4 Å². The predicted molar refractivity (Wildman–Crippen MR) is 127 cm³/mol. The normalized spacial score (nSPS) is 16.8. The van der Waals surface area contributed by atoms with Crippen molar-refractivity contribution < 1.29 is 9.53 Å². The van der Waals surface area contributed by atoms with E-state index in [4.69, 9.17) is 4.74 Å². The second-order valence-corrected chi connectivity index (χ2v) is 9.42. The third kappa shape index (κ3) is 2.70. The molecular formula is C25H24N4O2S. The van der Waals surface area contributed by atoms with Crippen LogP contribution in [0.5, 0.6) is 5.75 Å². The lowest BCUT2D eigenvalue weighted by Crippen LogP contribution is -2.55. The molecule has 2 aliphatic rings. The minimum Gasteiger partial charge on any atom is -0.497 e. The molecule has 2 aromatic heterocycles. The molecule has 0 atom stereocenters. The van der Waals surface area contributed by atoms with Crippen LogP contribution in [0.15, 0.2) is 60.2 Å². The molecule has 0 aliphatic carbocycles. The van der Waals surface area contributed by atoms with E-state index in [1.807, 2.05) is 34.7 Å². The van der Waals surface area contributed by atoms with Crippen LogP contribution in [-0.4, -0.2) is 47.6 Å². The molecule has 162 valence electrons. The summed E-state index contributed by atoms with van der Waals surface area (Å²) in [5, 5.41) is 0. The van der Waals surface area contributed by atoms with Crippen LogP contribution in [0.4, 0.5) is 5.69 Å². The van der Waals surface area contributed by atoms with Crippen molar-refractivity contribution in [1.29, 1.82) is 0 Å². The largest absolute Gasteiger partial charge is 0.497 e. The van der Waals surface area contributed by atoms with Crippen LogP contribution < -0.4 is 9.64 Å². The second kappa shape index (κ2) is 7.10. The van der Waals surface area contributed by atoms with Crippen molar-refractivity contribution in [2.75, 3.05) is 32.1 Å². The molecule has 1 fully saturated rings. The number of amides is 1. The number of carbonyl (C=O) groups excluding carboxylic acids is 1. The maximum atomic E-state index is 13.3. The Morgan fingerprint density at radius 2 is 1.94 bits per heavy atom. The summed E-state index contributed by atoms with van der Waals surface area (Å²) < 4.78 is 8.85. The van der Waals surface area contributed by atoms with E-state index in [9.17, 15) is 4.79 Å². The van der Waals surface area contributed by atoms with Gasteiger partial charge in [0.2, 0.25) is 0 Å². The summed E-state index contributed by atoms with van der Waals surface area (Å²) in [5.74, 6) is 0.957. The van der Waals surface area contributed by atoms with E-state index in [1.165, 1.54) is 5.69 Å². The lowest BCUT2D eigenvalue weighted by atomic mass is 9.80. The summed E-state index contributed by atoms with van der Waals surface area (Å²) in [6.07, 6.45) is 3.88. The van der Waals surface area contributed by atoms with Gasteiger partial charge in [0.15, 0.2) is 0 Å². The number of piperidine rings is 1. The number of fused-ring (bicyclic) bond motifs is 5. The minimum absolute atomic E-state index is 0.103. The molecule has 1 saturated heterocycles. The lowest BCUT2D eigenvalue weighted by Gasteiger charge is -2.51. The van der Waals surface area contributed by atoms with E-state index in [1.54, 1.807) is 18.4 Å². The zero-order valence-electron chi connectivity index (χ0n) is 18.1. The quantitative estimate of drug-likeness (QED) is 0.451. The molecule has 6 nitrogen and oxygen atoms in total. The van der Waals surface area contributed by atoms with E-state index < -0.39 is 0 Å². The van der Waals surface area contributed by atoms with Gasteiger partial charge < -0.3 is 19.1 Å².